The third-order valence-electron chi connectivity index (χ3n) is 5.88. The smallest absolute Gasteiger partial charge is 0.230 e. The minimum absolute atomic E-state index is 0.0489. The number of nitrogens with zero attached hydrogens (tertiary/aromatic N) is 3. The Balaban J connectivity index is 1.74. The second-order valence-electron chi connectivity index (χ2n) is 8.10. The third-order valence-corrected chi connectivity index (χ3v) is 6.85. The zero-order valence-corrected chi connectivity index (χ0v) is 20.2. The van der Waals surface area contributed by atoms with Gasteiger partial charge in [-0.2, -0.15) is 0 Å². The molecule has 2 unspecified atom stereocenters. The number of ether oxygens (including phenoxy) is 3. The van der Waals surface area contributed by atoms with E-state index in [1.165, 1.54) is 31.0 Å². The van der Waals surface area contributed by atoms with Crippen LogP contribution in [0.1, 0.15) is 39.0 Å². The molecule has 0 spiro atoms. The van der Waals surface area contributed by atoms with Crippen molar-refractivity contribution in [3.63, 3.8) is 0 Å². The van der Waals surface area contributed by atoms with Gasteiger partial charge in [-0.05, 0) is 43.4 Å². The van der Waals surface area contributed by atoms with E-state index in [2.05, 4.69) is 22.4 Å². The van der Waals surface area contributed by atoms with E-state index in [9.17, 15) is 4.79 Å². The fourth-order valence-corrected chi connectivity index (χ4v) is 4.84. The highest BCUT2D eigenvalue weighted by Gasteiger charge is 2.23. The molecule has 1 heterocycles. The maximum absolute atomic E-state index is 12.6. The van der Waals surface area contributed by atoms with Crippen LogP contribution < -0.4 is 14.8 Å². The first-order valence-electron chi connectivity index (χ1n) is 11.1. The first kappa shape index (κ1) is 24.4. The molecule has 0 saturated heterocycles. The van der Waals surface area contributed by atoms with Gasteiger partial charge >= 0.3 is 0 Å². The van der Waals surface area contributed by atoms with E-state index in [0.717, 1.165) is 29.4 Å². The van der Waals surface area contributed by atoms with Crippen molar-refractivity contribution in [2.24, 2.45) is 5.92 Å². The van der Waals surface area contributed by atoms with Gasteiger partial charge in [0.2, 0.25) is 5.91 Å². The molecule has 0 aliphatic heterocycles. The van der Waals surface area contributed by atoms with Gasteiger partial charge in [-0.15, -0.1) is 10.2 Å². The summed E-state index contributed by atoms with van der Waals surface area (Å²) in [5.41, 5.74) is 0.875. The van der Waals surface area contributed by atoms with Gasteiger partial charge in [0.15, 0.2) is 22.5 Å². The van der Waals surface area contributed by atoms with Crippen LogP contribution in [-0.4, -0.2) is 60.4 Å². The molecule has 2 atom stereocenters. The molecule has 1 aliphatic rings. The number of carbonyl (C=O) groups is 1. The highest BCUT2D eigenvalue weighted by molar-refractivity contribution is 7.99. The molecule has 1 aliphatic carbocycles. The molecule has 1 fully saturated rings. The summed E-state index contributed by atoms with van der Waals surface area (Å²) in [6.07, 6.45) is 5.50. The number of aromatic nitrogens is 3. The SMILES string of the molecule is COCCCn1c(SCC(=O)NC2CCCCC2C)nnc1-c1ccc(OC)c(OC)c1. The maximum Gasteiger partial charge on any atom is 0.230 e. The molecule has 9 heteroatoms. The van der Waals surface area contributed by atoms with Crippen LogP contribution >= 0.6 is 11.8 Å². The van der Waals surface area contributed by atoms with E-state index < -0.39 is 0 Å². The van der Waals surface area contributed by atoms with Crippen molar-refractivity contribution in [2.45, 2.75) is 56.8 Å². The summed E-state index contributed by atoms with van der Waals surface area (Å²) >= 11 is 1.42. The zero-order valence-electron chi connectivity index (χ0n) is 19.4. The molecule has 1 N–H and O–H groups in total. The van der Waals surface area contributed by atoms with Crippen molar-refractivity contribution in [1.29, 1.82) is 0 Å². The van der Waals surface area contributed by atoms with Gasteiger partial charge < -0.3 is 24.1 Å². The fraction of sp³-hybridized carbons (Fsp3) is 0.609. The Labute approximate surface area is 194 Å². The van der Waals surface area contributed by atoms with Crippen LogP contribution in [0.3, 0.4) is 0 Å². The molecule has 2 aromatic rings. The van der Waals surface area contributed by atoms with Crippen molar-refractivity contribution >= 4 is 17.7 Å². The summed E-state index contributed by atoms with van der Waals surface area (Å²) < 4.78 is 18.1. The quantitative estimate of drug-likeness (QED) is 0.402. The molecule has 3 rings (SSSR count). The van der Waals surface area contributed by atoms with Crippen molar-refractivity contribution in [1.82, 2.24) is 20.1 Å². The van der Waals surface area contributed by atoms with Gasteiger partial charge in [0, 0.05) is 31.9 Å². The Hall–Kier alpha value is -2.26. The van der Waals surface area contributed by atoms with Gasteiger partial charge in [-0.25, -0.2) is 0 Å². The van der Waals surface area contributed by atoms with Crippen LogP contribution in [0.4, 0.5) is 0 Å². The summed E-state index contributed by atoms with van der Waals surface area (Å²) in [5.74, 6) is 2.92. The van der Waals surface area contributed by atoms with Crippen LogP contribution in [0, 0.1) is 5.92 Å². The predicted octanol–water partition coefficient (Wildman–Crippen LogP) is 3.79. The van der Waals surface area contributed by atoms with Gasteiger partial charge in [0.1, 0.15) is 0 Å². The zero-order chi connectivity index (χ0) is 22.9. The minimum Gasteiger partial charge on any atom is -0.493 e. The summed E-state index contributed by atoms with van der Waals surface area (Å²) in [6, 6.07) is 5.96. The van der Waals surface area contributed by atoms with E-state index >= 15 is 0 Å². The summed E-state index contributed by atoms with van der Waals surface area (Å²) in [7, 11) is 4.91. The number of thioether (sulfide) groups is 1. The Bertz CT molecular complexity index is 889. The van der Waals surface area contributed by atoms with Crippen LogP contribution in [0.2, 0.25) is 0 Å². The number of amides is 1. The first-order chi connectivity index (χ1) is 15.6. The summed E-state index contributed by atoms with van der Waals surface area (Å²) in [4.78, 5) is 12.6. The number of hydrogen-bond acceptors (Lipinski definition) is 7. The lowest BCUT2D eigenvalue weighted by molar-refractivity contribution is -0.119. The van der Waals surface area contributed by atoms with Gasteiger partial charge in [-0.1, -0.05) is 31.5 Å². The Morgan fingerprint density at radius 2 is 1.94 bits per heavy atom. The number of methoxy groups -OCH3 is 3. The lowest BCUT2D eigenvalue weighted by atomic mass is 9.86. The Morgan fingerprint density at radius 3 is 2.66 bits per heavy atom. The van der Waals surface area contributed by atoms with E-state index in [1.807, 2.05) is 22.8 Å². The van der Waals surface area contributed by atoms with E-state index in [4.69, 9.17) is 14.2 Å². The molecule has 8 nitrogen and oxygen atoms in total. The standard InChI is InChI=1S/C23H34N4O4S/c1-16-8-5-6-9-18(16)24-21(28)15-32-23-26-25-22(27(23)12-7-13-29-2)17-10-11-19(30-3)20(14-17)31-4/h10-11,14,16,18H,5-9,12-13,15H2,1-4H3,(H,24,28). The monoisotopic (exact) mass is 462 g/mol. The second-order valence-corrected chi connectivity index (χ2v) is 9.04. The topological polar surface area (TPSA) is 87.5 Å². The van der Waals surface area contributed by atoms with E-state index in [-0.39, 0.29) is 11.9 Å². The molecular weight excluding hydrogens is 428 g/mol. The average Bonchev–Trinajstić information content (AvgIpc) is 3.21. The molecule has 32 heavy (non-hydrogen) atoms. The van der Waals surface area contributed by atoms with Crippen molar-refractivity contribution < 1.29 is 19.0 Å². The molecule has 1 amide bonds. The Kier molecular flexibility index (Phi) is 9.23. The van der Waals surface area contributed by atoms with Crippen LogP contribution in [0.15, 0.2) is 23.4 Å². The number of nitrogens with one attached hydrogen (secondary N) is 1. The summed E-state index contributed by atoms with van der Waals surface area (Å²) in [6.45, 7) is 3.54. The molecule has 1 aromatic carbocycles. The molecular formula is C23H34N4O4S. The highest BCUT2D eigenvalue weighted by Crippen LogP contribution is 2.33. The van der Waals surface area contributed by atoms with Crippen molar-refractivity contribution in [3.8, 4) is 22.9 Å². The lowest BCUT2D eigenvalue weighted by Gasteiger charge is -2.29. The molecule has 0 bridgehead atoms. The normalized spacial score (nSPS) is 18.4. The molecule has 0 radical (unpaired) electrons. The number of benzene rings is 1. The Morgan fingerprint density at radius 1 is 1.16 bits per heavy atom. The van der Waals surface area contributed by atoms with Gasteiger partial charge in [-0.3, -0.25) is 4.79 Å². The summed E-state index contributed by atoms with van der Waals surface area (Å²) in [5, 5.41) is 12.7. The van der Waals surface area contributed by atoms with Gasteiger partial charge in [0.05, 0.1) is 20.0 Å². The highest BCUT2D eigenvalue weighted by atomic mass is 32.2. The number of carbonyl (C=O) groups excluding carboxylic acids is 1. The number of rotatable bonds is 11. The van der Waals surface area contributed by atoms with E-state index in [0.29, 0.717) is 36.3 Å². The van der Waals surface area contributed by atoms with Crippen LogP contribution in [0.5, 0.6) is 11.5 Å². The maximum atomic E-state index is 12.6. The average molecular weight is 463 g/mol. The minimum atomic E-state index is 0.0489. The van der Waals surface area contributed by atoms with Crippen LogP contribution in [-0.2, 0) is 16.1 Å². The third kappa shape index (κ3) is 6.16. The predicted molar refractivity (Wildman–Crippen MR) is 125 cm³/mol. The lowest BCUT2D eigenvalue weighted by Crippen LogP contribution is -2.41. The van der Waals surface area contributed by atoms with Crippen molar-refractivity contribution in [3.05, 3.63) is 18.2 Å². The fourth-order valence-electron chi connectivity index (χ4n) is 4.06. The molecule has 176 valence electrons. The van der Waals surface area contributed by atoms with Crippen molar-refractivity contribution in [2.75, 3.05) is 33.7 Å². The molecule has 1 saturated carbocycles. The second kappa shape index (κ2) is 12.1. The van der Waals surface area contributed by atoms with Crippen LogP contribution in [0.25, 0.3) is 11.4 Å². The molecule has 1 aromatic heterocycles. The number of hydrogen-bond donors (Lipinski definition) is 1. The van der Waals surface area contributed by atoms with Gasteiger partial charge in [0.25, 0.3) is 0 Å². The van der Waals surface area contributed by atoms with E-state index in [1.54, 1.807) is 21.3 Å². The first-order valence-corrected chi connectivity index (χ1v) is 12.1. The largest absolute Gasteiger partial charge is 0.493 e.